The Morgan fingerprint density at radius 3 is 2.87 bits per heavy atom. The number of anilines is 1. The number of methoxy groups -OCH3 is 1. The van der Waals surface area contributed by atoms with Gasteiger partial charge in [-0.05, 0) is 49.9 Å². The standard InChI is InChI=1S/C23H28ClN3O4/c1-4-11-31-20-18(24)12-17(13-19(20)30-3)23(29)27-10-6-8-16(14-27)22(28)26-21-15(2)7-5-9-25-21/h5,7,9,12-13,16H,4,6,8,10-11,14H2,1-3H3,(H,25,26,28). The molecule has 1 unspecified atom stereocenters. The summed E-state index contributed by atoms with van der Waals surface area (Å²) in [6, 6.07) is 6.95. The van der Waals surface area contributed by atoms with Gasteiger partial charge in [-0.3, -0.25) is 9.59 Å². The van der Waals surface area contributed by atoms with Crippen molar-refractivity contribution in [3.05, 3.63) is 46.6 Å². The molecule has 1 aliphatic heterocycles. The highest BCUT2D eigenvalue weighted by atomic mass is 35.5. The van der Waals surface area contributed by atoms with Crippen LogP contribution in [0.3, 0.4) is 0 Å². The van der Waals surface area contributed by atoms with Crippen molar-refractivity contribution in [2.75, 3.05) is 32.1 Å². The lowest BCUT2D eigenvalue weighted by atomic mass is 9.96. The number of aryl methyl sites for hydroxylation is 1. The average Bonchev–Trinajstić information content (AvgIpc) is 2.78. The zero-order valence-corrected chi connectivity index (χ0v) is 18.9. The Hall–Kier alpha value is -2.80. The van der Waals surface area contributed by atoms with E-state index < -0.39 is 0 Å². The van der Waals surface area contributed by atoms with E-state index in [0.29, 0.717) is 47.6 Å². The van der Waals surface area contributed by atoms with E-state index >= 15 is 0 Å². The van der Waals surface area contributed by atoms with E-state index in [0.717, 1.165) is 24.8 Å². The van der Waals surface area contributed by atoms with Crippen LogP contribution in [0.2, 0.25) is 5.02 Å². The van der Waals surface area contributed by atoms with Crippen LogP contribution in [0.15, 0.2) is 30.5 Å². The van der Waals surface area contributed by atoms with Gasteiger partial charge in [0.25, 0.3) is 5.91 Å². The molecule has 1 aromatic heterocycles. The van der Waals surface area contributed by atoms with Crippen molar-refractivity contribution in [3.8, 4) is 11.5 Å². The molecule has 1 saturated heterocycles. The number of carbonyl (C=O) groups excluding carboxylic acids is 2. The molecule has 2 heterocycles. The van der Waals surface area contributed by atoms with Crippen LogP contribution < -0.4 is 14.8 Å². The summed E-state index contributed by atoms with van der Waals surface area (Å²) in [6.07, 6.45) is 3.93. The quantitative estimate of drug-likeness (QED) is 0.686. The van der Waals surface area contributed by atoms with Crippen LogP contribution >= 0.6 is 11.6 Å². The smallest absolute Gasteiger partial charge is 0.254 e. The van der Waals surface area contributed by atoms with Gasteiger partial charge in [-0.25, -0.2) is 4.98 Å². The Bertz CT molecular complexity index is 950. The highest BCUT2D eigenvalue weighted by Crippen LogP contribution is 2.37. The number of piperidine rings is 1. The van der Waals surface area contributed by atoms with Gasteiger partial charge in [0.05, 0.1) is 24.7 Å². The second-order valence-electron chi connectivity index (χ2n) is 7.59. The number of hydrogen-bond acceptors (Lipinski definition) is 5. The molecule has 0 bridgehead atoms. The SMILES string of the molecule is CCCOc1c(Cl)cc(C(=O)N2CCCC(C(=O)Nc3ncccc3C)C2)cc1OC. The maximum absolute atomic E-state index is 13.2. The summed E-state index contributed by atoms with van der Waals surface area (Å²) < 4.78 is 11.0. The summed E-state index contributed by atoms with van der Waals surface area (Å²) >= 11 is 6.37. The third-order valence-corrected chi connectivity index (χ3v) is 5.54. The molecule has 31 heavy (non-hydrogen) atoms. The third kappa shape index (κ3) is 5.47. The Morgan fingerprint density at radius 2 is 2.16 bits per heavy atom. The molecule has 0 radical (unpaired) electrons. The minimum absolute atomic E-state index is 0.127. The molecule has 7 nitrogen and oxygen atoms in total. The maximum Gasteiger partial charge on any atom is 0.254 e. The Balaban J connectivity index is 1.72. The van der Waals surface area contributed by atoms with Crippen molar-refractivity contribution in [2.24, 2.45) is 5.92 Å². The molecule has 0 spiro atoms. The number of likely N-dealkylation sites (tertiary alicyclic amines) is 1. The summed E-state index contributed by atoms with van der Waals surface area (Å²) in [6.45, 7) is 5.31. The molecule has 2 aromatic rings. The van der Waals surface area contributed by atoms with Crippen molar-refractivity contribution in [3.63, 3.8) is 0 Å². The first-order chi connectivity index (χ1) is 14.9. The number of nitrogens with one attached hydrogen (secondary N) is 1. The lowest BCUT2D eigenvalue weighted by molar-refractivity contribution is -0.121. The highest BCUT2D eigenvalue weighted by Gasteiger charge is 2.30. The van der Waals surface area contributed by atoms with Crippen LogP contribution in [-0.4, -0.2) is 48.5 Å². The molecule has 1 aliphatic rings. The van der Waals surface area contributed by atoms with Crippen LogP contribution in [0.5, 0.6) is 11.5 Å². The molecule has 1 fully saturated rings. The van der Waals surface area contributed by atoms with Gasteiger partial charge in [0.15, 0.2) is 11.5 Å². The van der Waals surface area contributed by atoms with Gasteiger partial charge in [-0.1, -0.05) is 24.6 Å². The first-order valence-electron chi connectivity index (χ1n) is 10.5. The number of amides is 2. The summed E-state index contributed by atoms with van der Waals surface area (Å²) in [4.78, 5) is 31.8. The van der Waals surface area contributed by atoms with Gasteiger partial charge >= 0.3 is 0 Å². The van der Waals surface area contributed by atoms with Gasteiger partial charge in [-0.2, -0.15) is 0 Å². The van der Waals surface area contributed by atoms with Crippen molar-refractivity contribution in [2.45, 2.75) is 33.1 Å². The first kappa shape index (κ1) is 22.9. The zero-order chi connectivity index (χ0) is 22.4. The molecule has 0 saturated carbocycles. The second kappa shape index (κ2) is 10.5. The second-order valence-corrected chi connectivity index (χ2v) is 7.99. The van der Waals surface area contributed by atoms with E-state index in [1.54, 1.807) is 23.2 Å². The largest absolute Gasteiger partial charge is 0.493 e. The summed E-state index contributed by atoms with van der Waals surface area (Å²) in [5.74, 6) is 0.788. The normalized spacial score (nSPS) is 16.0. The number of halogens is 1. The molecular formula is C23H28ClN3O4. The molecule has 1 atom stereocenters. The molecule has 0 aliphatic carbocycles. The van der Waals surface area contributed by atoms with Crippen molar-refractivity contribution in [1.29, 1.82) is 0 Å². The van der Waals surface area contributed by atoms with Gasteiger partial charge < -0.3 is 19.7 Å². The minimum atomic E-state index is -0.302. The third-order valence-electron chi connectivity index (χ3n) is 5.26. The maximum atomic E-state index is 13.2. The fourth-order valence-corrected chi connectivity index (χ4v) is 3.85. The number of aromatic nitrogens is 1. The van der Waals surface area contributed by atoms with Crippen molar-refractivity contribution < 1.29 is 19.1 Å². The molecule has 166 valence electrons. The number of pyridine rings is 1. The molecule has 3 rings (SSSR count). The van der Waals surface area contributed by atoms with Gasteiger partial charge in [0.2, 0.25) is 5.91 Å². The average molecular weight is 446 g/mol. The summed E-state index contributed by atoms with van der Waals surface area (Å²) in [7, 11) is 1.51. The minimum Gasteiger partial charge on any atom is -0.493 e. The topological polar surface area (TPSA) is 80.8 Å². The van der Waals surface area contributed by atoms with E-state index in [1.165, 1.54) is 7.11 Å². The Morgan fingerprint density at radius 1 is 1.35 bits per heavy atom. The number of carbonyl (C=O) groups is 2. The van der Waals surface area contributed by atoms with E-state index in [-0.39, 0.29) is 17.7 Å². The summed E-state index contributed by atoms with van der Waals surface area (Å²) in [5.41, 5.74) is 1.30. The van der Waals surface area contributed by atoms with E-state index in [2.05, 4.69) is 10.3 Å². The fourth-order valence-electron chi connectivity index (χ4n) is 3.58. The lowest BCUT2D eigenvalue weighted by Crippen LogP contribution is -2.43. The van der Waals surface area contributed by atoms with Crippen LogP contribution in [0.25, 0.3) is 0 Å². The van der Waals surface area contributed by atoms with Crippen molar-refractivity contribution in [1.82, 2.24) is 9.88 Å². The lowest BCUT2D eigenvalue weighted by Gasteiger charge is -2.32. The molecule has 1 N–H and O–H groups in total. The Labute approximate surface area is 187 Å². The number of ether oxygens (including phenoxy) is 2. The van der Waals surface area contributed by atoms with Crippen molar-refractivity contribution >= 4 is 29.2 Å². The fraction of sp³-hybridized carbons (Fsp3) is 0.435. The van der Waals surface area contributed by atoms with Crippen LogP contribution in [0, 0.1) is 12.8 Å². The molecule has 8 heteroatoms. The molecule has 2 amide bonds. The molecular weight excluding hydrogens is 418 g/mol. The zero-order valence-electron chi connectivity index (χ0n) is 18.1. The Kier molecular flexibility index (Phi) is 7.74. The van der Waals surface area contributed by atoms with Gasteiger partial charge in [0, 0.05) is 24.8 Å². The number of benzene rings is 1. The van der Waals surface area contributed by atoms with Crippen LogP contribution in [-0.2, 0) is 4.79 Å². The predicted molar refractivity (Wildman–Crippen MR) is 120 cm³/mol. The monoisotopic (exact) mass is 445 g/mol. The van der Waals surface area contributed by atoms with Crippen LogP contribution in [0.4, 0.5) is 5.82 Å². The first-order valence-corrected chi connectivity index (χ1v) is 10.8. The van der Waals surface area contributed by atoms with E-state index in [9.17, 15) is 9.59 Å². The summed E-state index contributed by atoms with van der Waals surface area (Å²) in [5, 5.41) is 3.21. The van der Waals surface area contributed by atoms with Crippen LogP contribution in [0.1, 0.15) is 42.1 Å². The number of rotatable bonds is 7. The van der Waals surface area contributed by atoms with E-state index in [4.69, 9.17) is 21.1 Å². The van der Waals surface area contributed by atoms with Gasteiger partial charge in [0.1, 0.15) is 5.82 Å². The highest BCUT2D eigenvalue weighted by molar-refractivity contribution is 6.32. The molecule has 1 aromatic carbocycles. The predicted octanol–water partition coefficient (Wildman–Crippen LogP) is 4.33. The number of nitrogens with zero attached hydrogens (tertiary/aromatic N) is 2. The number of hydrogen-bond donors (Lipinski definition) is 1. The van der Waals surface area contributed by atoms with E-state index in [1.807, 2.05) is 26.0 Å². The van der Waals surface area contributed by atoms with Gasteiger partial charge in [-0.15, -0.1) is 0 Å².